The standard InChI is InChI=1S/C66H44N2/c1-2-20-50-44-66-62(43-49(50)19-1)61-31-9-12-36-65(61)68(66)64-35-11-8-30-60(64)59-29-7-10-34-63(59)67(54-26-14-25-52(42-54)58-33-16-22-47-18-4-6-28-56(47)58)53-39-37-45(38-40-53)48-23-13-24-51(41-48)57-32-15-21-46-17-3-5-27-55(46)57/h1-44H. The van der Waals surface area contributed by atoms with Crippen molar-refractivity contribution in [2.75, 3.05) is 4.90 Å². The minimum Gasteiger partial charge on any atom is -0.310 e. The molecule has 1 heterocycles. The van der Waals surface area contributed by atoms with Gasteiger partial charge >= 0.3 is 0 Å². The van der Waals surface area contributed by atoms with E-state index in [0.29, 0.717) is 0 Å². The van der Waals surface area contributed by atoms with Crippen molar-refractivity contribution in [3.63, 3.8) is 0 Å². The van der Waals surface area contributed by atoms with Crippen LogP contribution in [-0.4, -0.2) is 4.57 Å². The van der Waals surface area contributed by atoms with Crippen LogP contribution in [0.2, 0.25) is 0 Å². The van der Waals surface area contributed by atoms with E-state index in [0.717, 1.165) is 39.4 Å². The molecular formula is C66H44N2. The maximum Gasteiger partial charge on any atom is 0.0547 e. The first-order valence-corrected chi connectivity index (χ1v) is 23.4. The van der Waals surface area contributed by atoms with Crippen molar-refractivity contribution in [2.45, 2.75) is 0 Å². The third kappa shape index (κ3) is 6.73. The summed E-state index contributed by atoms with van der Waals surface area (Å²) < 4.78 is 2.47. The Hall–Kier alpha value is -8.98. The van der Waals surface area contributed by atoms with Crippen LogP contribution in [-0.2, 0) is 0 Å². The maximum atomic E-state index is 2.47. The molecule has 12 aromatic carbocycles. The predicted octanol–water partition coefficient (Wildman–Crippen LogP) is 18.4. The molecule has 2 nitrogen and oxygen atoms in total. The number of anilines is 3. The first-order chi connectivity index (χ1) is 33.7. The fourth-order valence-corrected chi connectivity index (χ4v) is 10.6. The first kappa shape index (κ1) is 39.4. The summed E-state index contributed by atoms with van der Waals surface area (Å²) in [5, 5.41) is 9.93. The van der Waals surface area contributed by atoms with E-state index in [9.17, 15) is 0 Å². The zero-order valence-electron chi connectivity index (χ0n) is 37.3. The lowest BCUT2D eigenvalue weighted by Gasteiger charge is -2.29. The van der Waals surface area contributed by atoms with E-state index in [4.69, 9.17) is 0 Å². The quantitative estimate of drug-likeness (QED) is 0.148. The molecule has 13 aromatic rings. The molecule has 0 saturated carbocycles. The van der Waals surface area contributed by atoms with Crippen LogP contribution in [0.4, 0.5) is 17.1 Å². The molecule has 0 atom stereocenters. The molecule has 0 aliphatic carbocycles. The van der Waals surface area contributed by atoms with Crippen molar-refractivity contribution in [3.8, 4) is 50.2 Å². The second-order valence-electron chi connectivity index (χ2n) is 17.7. The Morgan fingerprint density at radius 3 is 1.50 bits per heavy atom. The second-order valence-corrected chi connectivity index (χ2v) is 17.7. The third-order valence-corrected chi connectivity index (χ3v) is 13.7. The number of para-hydroxylation sites is 3. The summed E-state index contributed by atoms with van der Waals surface area (Å²) in [5.74, 6) is 0. The highest BCUT2D eigenvalue weighted by Crippen LogP contribution is 2.46. The first-order valence-electron chi connectivity index (χ1n) is 23.4. The molecule has 0 aliphatic rings. The summed E-state index contributed by atoms with van der Waals surface area (Å²) in [6, 6.07) is 97.6. The van der Waals surface area contributed by atoms with Crippen molar-refractivity contribution >= 4 is 71.2 Å². The van der Waals surface area contributed by atoms with Gasteiger partial charge in [-0.15, -0.1) is 0 Å². The van der Waals surface area contributed by atoms with Gasteiger partial charge in [0.2, 0.25) is 0 Å². The van der Waals surface area contributed by atoms with E-state index in [1.807, 2.05) is 0 Å². The van der Waals surface area contributed by atoms with E-state index >= 15 is 0 Å². The van der Waals surface area contributed by atoms with Crippen LogP contribution >= 0.6 is 0 Å². The lowest BCUT2D eigenvalue weighted by atomic mass is 9.95. The molecule has 2 heteroatoms. The van der Waals surface area contributed by atoms with E-state index in [2.05, 4.69) is 276 Å². The highest BCUT2D eigenvalue weighted by molar-refractivity contribution is 6.14. The van der Waals surface area contributed by atoms with Gasteiger partial charge in [-0.3, -0.25) is 0 Å². The summed E-state index contributed by atoms with van der Waals surface area (Å²) in [5.41, 5.74) is 16.2. The maximum absolute atomic E-state index is 2.47. The largest absolute Gasteiger partial charge is 0.310 e. The van der Waals surface area contributed by atoms with Gasteiger partial charge in [0, 0.05) is 33.3 Å². The average molecular weight is 865 g/mol. The fraction of sp³-hybridized carbons (Fsp3) is 0. The molecule has 0 bridgehead atoms. The zero-order chi connectivity index (χ0) is 45.0. The van der Waals surface area contributed by atoms with Gasteiger partial charge in [-0.2, -0.15) is 0 Å². The summed E-state index contributed by atoms with van der Waals surface area (Å²) in [6.07, 6.45) is 0. The normalized spacial score (nSPS) is 11.5. The molecule has 1 aromatic heterocycles. The number of hydrogen-bond acceptors (Lipinski definition) is 1. The summed E-state index contributed by atoms with van der Waals surface area (Å²) in [6.45, 7) is 0. The Balaban J connectivity index is 0.987. The molecule has 0 radical (unpaired) electrons. The number of rotatable bonds is 8. The van der Waals surface area contributed by atoms with Gasteiger partial charge in [-0.05, 0) is 126 Å². The zero-order valence-corrected chi connectivity index (χ0v) is 37.3. The third-order valence-electron chi connectivity index (χ3n) is 13.7. The molecule has 68 heavy (non-hydrogen) atoms. The van der Waals surface area contributed by atoms with Crippen LogP contribution in [0.25, 0.3) is 104 Å². The number of nitrogens with zero attached hydrogens (tertiary/aromatic N) is 2. The Labute approximate surface area is 395 Å². The molecule has 0 saturated heterocycles. The van der Waals surface area contributed by atoms with Crippen molar-refractivity contribution in [3.05, 3.63) is 267 Å². The molecule has 0 N–H and O–H groups in total. The highest BCUT2D eigenvalue weighted by Gasteiger charge is 2.22. The average Bonchev–Trinajstić information content (AvgIpc) is 3.73. The lowest BCUT2D eigenvalue weighted by Crippen LogP contribution is -2.12. The van der Waals surface area contributed by atoms with Gasteiger partial charge in [-0.1, -0.05) is 206 Å². The van der Waals surface area contributed by atoms with Crippen molar-refractivity contribution < 1.29 is 0 Å². The van der Waals surface area contributed by atoms with Crippen LogP contribution < -0.4 is 4.90 Å². The monoisotopic (exact) mass is 864 g/mol. The van der Waals surface area contributed by atoms with Crippen molar-refractivity contribution in [1.29, 1.82) is 0 Å². The van der Waals surface area contributed by atoms with E-state index in [1.54, 1.807) is 0 Å². The van der Waals surface area contributed by atoms with E-state index < -0.39 is 0 Å². The van der Waals surface area contributed by atoms with E-state index in [-0.39, 0.29) is 0 Å². The number of hydrogen-bond donors (Lipinski definition) is 0. The van der Waals surface area contributed by atoms with Crippen LogP contribution in [0.15, 0.2) is 267 Å². The van der Waals surface area contributed by atoms with Crippen molar-refractivity contribution in [2.24, 2.45) is 0 Å². The van der Waals surface area contributed by atoms with Gasteiger partial charge in [-0.25, -0.2) is 0 Å². The van der Waals surface area contributed by atoms with Gasteiger partial charge < -0.3 is 9.47 Å². The number of benzene rings is 12. The molecule has 0 fully saturated rings. The van der Waals surface area contributed by atoms with Gasteiger partial charge in [0.1, 0.15) is 0 Å². The van der Waals surface area contributed by atoms with Crippen LogP contribution in [0, 0.1) is 0 Å². The molecule has 0 amide bonds. The van der Waals surface area contributed by atoms with Crippen LogP contribution in [0.5, 0.6) is 0 Å². The SMILES string of the molecule is c1cc(-c2ccc(N(c3cccc(-c4cccc5ccccc45)c3)c3ccccc3-c3ccccc3-n3c4ccccc4c4cc5ccccc5cc43)cc2)cc(-c2cccc3ccccc23)c1. The lowest BCUT2D eigenvalue weighted by molar-refractivity contribution is 1.18. The number of fused-ring (bicyclic) bond motifs is 6. The summed E-state index contributed by atoms with van der Waals surface area (Å²) in [4.78, 5) is 2.44. The smallest absolute Gasteiger partial charge is 0.0547 e. The fourth-order valence-electron chi connectivity index (χ4n) is 10.6. The Bertz CT molecular complexity index is 4030. The molecule has 13 rings (SSSR count). The minimum absolute atomic E-state index is 1.07. The van der Waals surface area contributed by atoms with Gasteiger partial charge in [0.25, 0.3) is 0 Å². The summed E-state index contributed by atoms with van der Waals surface area (Å²) in [7, 11) is 0. The molecular weight excluding hydrogens is 821 g/mol. The Kier molecular flexibility index (Phi) is 9.54. The molecule has 0 spiro atoms. The van der Waals surface area contributed by atoms with Crippen LogP contribution in [0.3, 0.4) is 0 Å². The van der Waals surface area contributed by atoms with E-state index in [1.165, 1.54) is 81.9 Å². The Morgan fingerprint density at radius 1 is 0.250 bits per heavy atom. The predicted molar refractivity (Wildman–Crippen MR) is 290 cm³/mol. The van der Waals surface area contributed by atoms with Gasteiger partial charge in [0.15, 0.2) is 0 Å². The second kappa shape index (κ2) is 16.5. The molecule has 0 unspecified atom stereocenters. The van der Waals surface area contributed by atoms with Crippen molar-refractivity contribution in [1.82, 2.24) is 4.57 Å². The van der Waals surface area contributed by atoms with Gasteiger partial charge in [0.05, 0.1) is 22.4 Å². The summed E-state index contributed by atoms with van der Waals surface area (Å²) >= 11 is 0. The van der Waals surface area contributed by atoms with Crippen LogP contribution in [0.1, 0.15) is 0 Å². The topological polar surface area (TPSA) is 8.17 Å². The number of aromatic nitrogens is 1. The Morgan fingerprint density at radius 2 is 0.765 bits per heavy atom. The highest BCUT2D eigenvalue weighted by atomic mass is 15.1. The minimum atomic E-state index is 1.07. The molecule has 318 valence electrons. The molecule has 0 aliphatic heterocycles.